The Morgan fingerprint density at radius 1 is 0.848 bits per heavy atom. The van der Waals surface area contributed by atoms with Crippen LogP contribution >= 0.6 is 7.82 Å². The number of ether oxygens (including phenoxy) is 2. The van der Waals surface area contributed by atoms with Crippen LogP contribution in [0.5, 0.6) is 0 Å². The van der Waals surface area contributed by atoms with E-state index in [9.17, 15) is 19.0 Å². The Bertz CT molecular complexity index is 579. The molecule has 0 aliphatic heterocycles. The summed E-state index contributed by atoms with van der Waals surface area (Å²) in [6.45, 7) is 7.34. The van der Waals surface area contributed by atoms with E-state index in [4.69, 9.17) is 18.5 Å². The Labute approximate surface area is 200 Å². The van der Waals surface area contributed by atoms with E-state index in [0.717, 1.165) is 44.9 Å². The Hall–Kier alpha value is -0.990. The minimum absolute atomic E-state index is 0.0234. The topological polar surface area (TPSA) is 108 Å². The molecule has 0 saturated carbocycles. The van der Waals surface area contributed by atoms with Gasteiger partial charge in [-0.15, -0.1) is 0 Å². The SMILES string of the molecule is [CH2-]CCCCCCCCC(=O)OC[C@H](COP(=O)(O)OCC[N+](C)(C)C)OC(=O)CCC[CH2-]. The van der Waals surface area contributed by atoms with Crippen molar-refractivity contribution < 1.29 is 42.1 Å². The zero-order chi connectivity index (χ0) is 25.2. The molecule has 0 radical (unpaired) electrons. The molecule has 0 rings (SSSR count). The average molecular weight is 495 g/mol. The van der Waals surface area contributed by atoms with E-state index in [2.05, 4.69) is 13.8 Å². The number of carbonyl (C=O) groups excluding carboxylic acids is 2. The van der Waals surface area contributed by atoms with Crippen molar-refractivity contribution in [1.82, 2.24) is 0 Å². The average Bonchev–Trinajstić information content (AvgIpc) is 2.72. The first-order valence-corrected chi connectivity index (χ1v) is 13.3. The predicted molar refractivity (Wildman–Crippen MR) is 127 cm³/mol. The lowest BCUT2D eigenvalue weighted by Crippen LogP contribution is -2.37. The highest BCUT2D eigenvalue weighted by atomic mass is 31.2. The van der Waals surface area contributed by atoms with Gasteiger partial charge in [0.25, 0.3) is 0 Å². The number of hydrogen-bond acceptors (Lipinski definition) is 7. The van der Waals surface area contributed by atoms with Gasteiger partial charge in [-0.25, -0.2) is 4.57 Å². The number of phosphoric acid groups is 1. The van der Waals surface area contributed by atoms with Gasteiger partial charge in [0.05, 0.1) is 27.7 Å². The molecule has 0 aliphatic rings. The van der Waals surface area contributed by atoms with Crippen LogP contribution in [0.2, 0.25) is 0 Å². The third-order valence-corrected chi connectivity index (χ3v) is 5.66. The van der Waals surface area contributed by atoms with Gasteiger partial charge in [0.1, 0.15) is 19.8 Å². The summed E-state index contributed by atoms with van der Waals surface area (Å²) >= 11 is 0. The van der Waals surface area contributed by atoms with Crippen molar-refractivity contribution in [2.45, 2.75) is 76.7 Å². The molecule has 0 aromatic rings. The van der Waals surface area contributed by atoms with Crippen LogP contribution < -0.4 is 0 Å². The molecule has 0 heterocycles. The molecule has 1 N–H and O–H groups in total. The molecule has 0 bridgehead atoms. The second kappa shape index (κ2) is 18.4. The lowest BCUT2D eigenvalue weighted by atomic mass is 10.1. The Kier molecular flexibility index (Phi) is 17.8. The molecule has 2 atom stereocenters. The van der Waals surface area contributed by atoms with Gasteiger partial charge >= 0.3 is 19.8 Å². The van der Waals surface area contributed by atoms with E-state index in [1.54, 1.807) is 0 Å². The number of unbranched alkanes of at least 4 members (excludes halogenated alkanes) is 7. The molecule has 0 spiro atoms. The molecule has 33 heavy (non-hydrogen) atoms. The standard InChI is InChI=1S/C23H45NO8P/c1-6-8-10-11-12-13-14-16-22(25)29-19-21(32-23(26)15-9-7-2)20-31-33(27,28)30-18-17-24(3,4)5/h21H,1-2,6-20H2,3-5H3,(H,27,28)/q-1/t21-/m1/s1. The number of phosphoric ester groups is 1. The fourth-order valence-corrected chi connectivity index (χ4v) is 3.43. The summed E-state index contributed by atoms with van der Waals surface area (Å²) in [6.07, 6.45) is 7.63. The minimum Gasteiger partial charge on any atom is -0.462 e. The summed E-state index contributed by atoms with van der Waals surface area (Å²) < 4.78 is 33.1. The number of carbonyl (C=O) groups is 2. The Morgan fingerprint density at radius 2 is 1.42 bits per heavy atom. The zero-order valence-corrected chi connectivity index (χ0v) is 21.7. The summed E-state index contributed by atoms with van der Waals surface area (Å²) in [6, 6.07) is 0. The molecule has 0 aliphatic carbocycles. The summed E-state index contributed by atoms with van der Waals surface area (Å²) in [5.74, 6) is -0.915. The summed E-state index contributed by atoms with van der Waals surface area (Å²) in [7, 11) is 1.44. The van der Waals surface area contributed by atoms with Crippen molar-refractivity contribution in [2.75, 3.05) is 47.5 Å². The molecule has 196 valence electrons. The third-order valence-electron chi connectivity index (χ3n) is 4.68. The monoisotopic (exact) mass is 494 g/mol. The maximum absolute atomic E-state index is 12.1. The number of likely N-dealkylation sites (N-methyl/N-ethyl adjacent to an activating group) is 1. The van der Waals surface area contributed by atoms with Crippen molar-refractivity contribution in [3.8, 4) is 0 Å². The van der Waals surface area contributed by atoms with Crippen LogP contribution in [-0.4, -0.2) is 74.9 Å². The highest BCUT2D eigenvalue weighted by Gasteiger charge is 2.26. The van der Waals surface area contributed by atoms with Gasteiger partial charge < -0.3 is 32.7 Å². The molecule has 0 saturated heterocycles. The fourth-order valence-electron chi connectivity index (χ4n) is 2.69. The van der Waals surface area contributed by atoms with Crippen molar-refractivity contribution in [3.63, 3.8) is 0 Å². The van der Waals surface area contributed by atoms with E-state index in [-0.39, 0.29) is 26.1 Å². The molecule has 0 aromatic heterocycles. The first kappa shape index (κ1) is 32.0. The Balaban J connectivity index is 4.48. The fraction of sp³-hybridized carbons (Fsp3) is 0.826. The molecular weight excluding hydrogens is 449 g/mol. The van der Waals surface area contributed by atoms with E-state index in [1.165, 1.54) is 0 Å². The van der Waals surface area contributed by atoms with Gasteiger partial charge in [-0.05, 0) is 6.42 Å². The molecule has 9 nitrogen and oxygen atoms in total. The van der Waals surface area contributed by atoms with Gasteiger partial charge in [0.15, 0.2) is 6.10 Å². The van der Waals surface area contributed by atoms with Gasteiger partial charge in [-0.3, -0.25) is 18.6 Å². The summed E-state index contributed by atoms with van der Waals surface area (Å²) in [4.78, 5) is 33.9. The summed E-state index contributed by atoms with van der Waals surface area (Å²) in [5.41, 5.74) is 0. The molecule has 0 amide bonds. The number of quaternary nitrogens is 1. The second-order valence-corrected chi connectivity index (χ2v) is 10.5. The van der Waals surface area contributed by atoms with Crippen LogP contribution in [0, 0.1) is 13.8 Å². The number of hydrogen-bond donors (Lipinski definition) is 1. The predicted octanol–water partition coefficient (Wildman–Crippen LogP) is 4.24. The number of esters is 2. The lowest BCUT2D eigenvalue weighted by Gasteiger charge is -2.24. The zero-order valence-electron chi connectivity index (χ0n) is 20.8. The van der Waals surface area contributed by atoms with Crippen LogP contribution in [0.1, 0.15) is 70.6 Å². The van der Waals surface area contributed by atoms with E-state index in [0.29, 0.717) is 23.9 Å². The third kappa shape index (κ3) is 21.3. The maximum Gasteiger partial charge on any atom is 0.472 e. The lowest BCUT2D eigenvalue weighted by molar-refractivity contribution is -0.870. The van der Waals surface area contributed by atoms with Crippen molar-refractivity contribution in [1.29, 1.82) is 0 Å². The quantitative estimate of drug-likeness (QED) is 0.0830. The van der Waals surface area contributed by atoms with Crippen LogP contribution in [0.15, 0.2) is 0 Å². The first-order chi connectivity index (χ1) is 15.5. The molecule has 1 unspecified atom stereocenters. The molecular formula is C23H45NO8P-. The van der Waals surface area contributed by atoms with Gasteiger partial charge in [-0.2, -0.15) is 12.8 Å². The molecule has 10 heteroatoms. The van der Waals surface area contributed by atoms with Crippen molar-refractivity contribution in [2.24, 2.45) is 0 Å². The first-order valence-electron chi connectivity index (χ1n) is 11.8. The van der Waals surface area contributed by atoms with Crippen LogP contribution in [0.4, 0.5) is 0 Å². The van der Waals surface area contributed by atoms with Gasteiger partial charge in [0, 0.05) is 12.8 Å². The maximum atomic E-state index is 12.1. The number of nitrogens with zero attached hydrogens (tertiary/aromatic N) is 1. The van der Waals surface area contributed by atoms with Crippen LogP contribution in [0.25, 0.3) is 0 Å². The van der Waals surface area contributed by atoms with E-state index >= 15 is 0 Å². The van der Waals surface area contributed by atoms with Crippen molar-refractivity contribution in [3.05, 3.63) is 13.8 Å². The highest BCUT2D eigenvalue weighted by molar-refractivity contribution is 7.47. The van der Waals surface area contributed by atoms with Crippen molar-refractivity contribution >= 4 is 19.8 Å². The highest BCUT2D eigenvalue weighted by Crippen LogP contribution is 2.43. The van der Waals surface area contributed by atoms with Gasteiger partial charge in [-0.1, -0.05) is 38.5 Å². The number of rotatable bonds is 21. The van der Waals surface area contributed by atoms with Crippen LogP contribution in [-0.2, 0) is 32.7 Å². The summed E-state index contributed by atoms with van der Waals surface area (Å²) in [5, 5.41) is 0. The van der Waals surface area contributed by atoms with E-state index in [1.807, 2.05) is 21.1 Å². The Morgan fingerprint density at radius 3 is 2.03 bits per heavy atom. The van der Waals surface area contributed by atoms with Crippen LogP contribution in [0.3, 0.4) is 0 Å². The normalized spacial score (nSPS) is 14.5. The second-order valence-electron chi connectivity index (χ2n) is 9.09. The molecule has 0 fully saturated rings. The minimum atomic E-state index is -4.33. The molecule has 0 aromatic carbocycles. The van der Waals surface area contributed by atoms with Gasteiger partial charge in [0.2, 0.25) is 0 Å². The smallest absolute Gasteiger partial charge is 0.462 e. The van der Waals surface area contributed by atoms with E-state index < -0.39 is 32.5 Å². The largest absolute Gasteiger partial charge is 0.472 e.